The van der Waals surface area contributed by atoms with E-state index >= 15 is 0 Å². The largest absolute Gasteiger partial charge is 0.394 e. The number of rotatable bonds is 15. The number of nitrogens with zero attached hydrogens (tertiary/aromatic N) is 3. The molecule has 47 heavy (non-hydrogen) atoms. The van der Waals surface area contributed by atoms with Gasteiger partial charge in [0.15, 0.2) is 0 Å². The van der Waals surface area contributed by atoms with Gasteiger partial charge < -0.3 is 13.6 Å². The fourth-order valence-corrected chi connectivity index (χ4v) is 6.35. The molecule has 0 fully saturated rings. The van der Waals surface area contributed by atoms with Crippen LogP contribution >= 0.6 is 0 Å². The Morgan fingerprint density at radius 1 is 0.596 bits per heavy atom. The zero-order valence-electron chi connectivity index (χ0n) is 29.4. The van der Waals surface area contributed by atoms with Gasteiger partial charge in [0.05, 0.1) is 17.1 Å². The summed E-state index contributed by atoms with van der Waals surface area (Å²) in [6.45, 7) is 39.4. The molecule has 3 nitrogen and oxygen atoms in total. The van der Waals surface area contributed by atoms with Crippen molar-refractivity contribution in [2.75, 3.05) is 0 Å². The van der Waals surface area contributed by atoms with Crippen LogP contribution in [0.5, 0.6) is 0 Å². The summed E-state index contributed by atoms with van der Waals surface area (Å²) in [5.74, 6) is 0. The van der Waals surface area contributed by atoms with Crippen LogP contribution in [0, 0.1) is 13.8 Å². The molecule has 0 saturated heterocycles. The first-order valence-corrected chi connectivity index (χ1v) is 16.0. The van der Waals surface area contributed by atoms with Crippen LogP contribution in [0.1, 0.15) is 95.2 Å². The van der Waals surface area contributed by atoms with Gasteiger partial charge in [0.1, 0.15) is 0 Å². The van der Waals surface area contributed by atoms with E-state index < -0.39 is 0 Å². The zero-order valence-corrected chi connectivity index (χ0v) is 29.4. The molecule has 3 rings (SSSR count). The second-order valence-corrected chi connectivity index (χ2v) is 11.0. The number of aromatic nitrogens is 3. The van der Waals surface area contributed by atoms with Crippen LogP contribution in [-0.2, 0) is 0 Å². The Labute approximate surface area is 284 Å². The minimum absolute atomic E-state index is 0.936. The van der Waals surface area contributed by atoms with Crippen LogP contribution in [0.15, 0.2) is 75.9 Å². The molecule has 0 bridgehead atoms. The molecule has 239 valence electrons. The summed E-state index contributed by atoms with van der Waals surface area (Å²) in [5, 5.41) is 0. The zero-order chi connectivity index (χ0) is 34.8. The standard InChI is InChI=1S/C43H49BN3/c1-14-23-27-40-31(11)34(19-6)41(24-15-2)46(40)33(18-5)29-37-32(12)47(44-13)39(22-9)38(37)28-30(10)45-42(25-16-3)35(20-7)36(21-8)43(45)26-17-4/h14-29H,1,5-9H2,2-4,10-13H3/b24-15-,25-16-,26-17-,27-23-,30-28+,33-29+. The summed E-state index contributed by atoms with van der Waals surface area (Å²) in [6, 6.07) is 0. The highest BCUT2D eigenvalue weighted by Gasteiger charge is 2.22. The molecular formula is C43H49BN3. The molecular weight excluding hydrogens is 569 g/mol. The van der Waals surface area contributed by atoms with E-state index in [0.29, 0.717) is 0 Å². The van der Waals surface area contributed by atoms with E-state index in [9.17, 15) is 0 Å². The maximum atomic E-state index is 4.28. The van der Waals surface area contributed by atoms with Crippen LogP contribution < -0.4 is 0 Å². The molecule has 4 heteroatoms. The van der Waals surface area contributed by atoms with Gasteiger partial charge in [0.2, 0.25) is 7.41 Å². The highest BCUT2D eigenvalue weighted by Crippen LogP contribution is 2.36. The quantitative estimate of drug-likeness (QED) is 0.119. The molecule has 3 heterocycles. The van der Waals surface area contributed by atoms with E-state index in [4.69, 9.17) is 0 Å². The summed E-state index contributed by atoms with van der Waals surface area (Å²) >= 11 is 0. The Kier molecular flexibility index (Phi) is 12.6. The van der Waals surface area contributed by atoms with E-state index in [-0.39, 0.29) is 0 Å². The molecule has 0 saturated carbocycles. The van der Waals surface area contributed by atoms with Crippen LogP contribution in [0.25, 0.3) is 72.2 Å². The molecule has 0 N–H and O–H groups in total. The maximum absolute atomic E-state index is 4.28. The van der Waals surface area contributed by atoms with Gasteiger partial charge in [-0.15, -0.1) is 0 Å². The first kappa shape index (κ1) is 36.3. The SMILES string of the molecule is C=C/C=C\c1c(C)c(C=C)c(/C=C\C)n1/C(C=C)=C/c1c(/C=C(\C)n2c(/C=C\C)c(C=C)c(C=C)c2/C=C\C)c(C=C)n([B]C)c1C. The van der Waals surface area contributed by atoms with Gasteiger partial charge in [-0.3, -0.25) is 0 Å². The van der Waals surface area contributed by atoms with E-state index in [2.05, 4.69) is 136 Å². The van der Waals surface area contributed by atoms with Crippen molar-refractivity contribution in [1.82, 2.24) is 13.6 Å². The van der Waals surface area contributed by atoms with Crippen molar-refractivity contribution >= 4 is 79.6 Å². The summed E-state index contributed by atoms with van der Waals surface area (Å²) in [4.78, 5) is 0. The lowest BCUT2D eigenvalue weighted by Crippen LogP contribution is -2.06. The summed E-state index contributed by atoms with van der Waals surface area (Å²) in [5.41, 5.74) is 14.7. The summed E-state index contributed by atoms with van der Waals surface area (Å²) in [6.07, 6.45) is 32.4. The average Bonchev–Trinajstić information content (AvgIpc) is 3.61. The van der Waals surface area contributed by atoms with Crippen molar-refractivity contribution in [3.8, 4) is 0 Å². The van der Waals surface area contributed by atoms with Crippen LogP contribution in [0.4, 0.5) is 0 Å². The third-order valence-electron chi connectivity index (χ3n) is 8.34. The second kappa shape index (κ2) is 16.4. The molecule has 0 aromatic carbocycles. The molecule has 3 aromatic rings. The Morgan fingerprint density at radius 2 is 1.13 bits per heavy atom. The lowest BCUT2D eigenvalue weighted by atomic mass is 9.98. The van der Waals surface area contributed by atoms with E-state index in [1.807, 2.05) is 64.1 Å². The first-order chi connectivity index (χ1) is 22.7. The third kappa shape index (κ3) is 6.69. The van der Waals surface area contributed by atoms with Gasteiger partial charge in [0, 0.05) is 56.3 Å². The first-order valence-electron chi connectivity index (χ1n) is 16.0. The smallest absolute Gasteiger partial charge is 0.249 e. The second-order valence-electron chi connectivity index (χ2n) is 11.0. The number of hydrogen-bond donors (Lipinski definition) is 0. The average molecular weight is 619 g/mol. The molecule has 0 unspecified atom stereocenters. The lowest BCUT2D eigenvalue weighted by molar-refractivity contribution is 1.07. The van der Waals surface area contributed by atoms with Gasteiger partial charge in [0.25, 0.3) is 0 Å². The Balaban J connectivity index is 2.55. The van der Waals surface area contributed by atoms with Crippen LogP contribution in [-0.4, -0.2) is 21.0 Å². The topological polar surface area (TPSA) is 14.8 Å². The molecule has 0 aliphatic rings. The predicted molar refractivity (Wildman–Crippen MR) is 218 cm³/mol. The lowest BCUT2D eigenvalue weighted by Gasteiger charge is -2.14. The van der Waals surface area contributed by atoms with Gasteiger partial charge in [-0.05, 0) is 95.7 Å². The summed E-state index contributed by atoms with van der Waals surface area (Å²) < 4.78 is 6.71. The van der Waals surface area contributed by atoms with Gasteiger partial charge in [-0.25, -0.2) is 0 Å². The van der Waals surface area contributed by atoms with Crippen molar-refractivity contribution in [2.24, 2.45) is 0 Å². The number of hydrogen-bond acceptors (Lipinski definition) is 0. The van der Waals surface area contributed by atoms with Crippen molar-refractivity contribution < 1.29 is 0 Å². The monoisotopic (exact) mass is 618 g/mol. The highest BCUT2D eigenvalue weighted by atomic mass is 15.0. The Hall–Kier alpha value is -5.22. The maximum Gasteiger partial charge on any atom is 0.249 e. The fraction of sp³-hybridized carbons (Fsp3) is 0.163. The molecule has 0 aliphatic carbocycles. The summed E-state index contributed by atoms with van der Waals surface area (Å²) in [7, 11) is 2.08. The number of allylic oxidation sites excluding steroid dienone is 8. The third-order valence-corrected chi connectivity index (χ3v) is 8.34. The molecule has 0 amide bonds. The molecule has 1 radical (unpaired) electrons. The normalized spacial score (nSPS) is 12.6. The highest BCUT2D eigenvalue weighted by molar-refractivity contribution is 6.32. The van der Waals surface area contributed by atoms with E-state index in [1.165, 1.54) is 0 Å². The van der Waals surface area contributed by atoms with Gasteiger partial charge in [-0.2, -0.15) is 0 Å². The van der Waals surface area contributed by atoms with Crippen molar-refractivity contribution in [3.63, 3.8) is 0 Å². The fourth-order valence-electron chi connectivity index (χ4n) is 6.35. The van der Waals surface area contributed by atoms with Crippen molar-refractivity contribution in [3.05, 3.63) is 143 Å². The van der Waals surface area contributed by atoms with Gasteiger partial charge >= 0.3 is 0 Å². The minimum atomic E-state index is 0.936. The van der Waals surface area contributed by atoms with E-state index in [1.54, 1.807) is 6.08 Å². The van der Waals surface area contributed by atoms with Crippen LogP contribution in [0.2, 0.25) is 6.82 Å². The van der Waals surface area contributed by atoms with Crippen molar-refractivity contribution in [2.45, 2.75) is 48.4 Å². The Bertz CT molecular complexity index is 1870. The molecule has 3 aromatic heterocycles. The van der Waals surface area contributed by atoms with Crippen molar-refractivity contribution in [1.29, 1.82) is 0 Å². The molecule has 0 spiro atoms. The van der Waals surface area contributed by atoms with E-state index in [0.717, 1.165) is 78.9 Å². The minimum Gasteiger partial charge on any atom is -0.394 e. The van der Waals surface area contributed by atoms with Gasteiger partial charge in [-0.1, -0.05) is 94.9 Å². The predicted octanol–water partition coefficient (Wildman–Crippen LogP) is 12.3. The molecule has 0 aliphatic heterocycles. The Morgan fingerprint density at radius 3 is 1.55 bits per heavy atom. The van der Waals surface area contributed by atoms with Crippen LogP contribution in [0.3, 0.4) is 0 Å². The molecule has 0 atom stereocenters.